The minimum atomic E-state index is -0.303. The molecule has 0 aliphatic rings. The van der Waals surface area contributed by atoms with Crippen LogP contribution in [0, 0.1) is 0 Å². The molecule has 5 heteroatoms. The number of hydrogen-bond donors (Lipinski definition) is 1. The van der Waals surface area contributed by atoms with Crippen LogP contribution in [0.2, 0.25) is 0 Å². The molecule has 0 amide bonds. The molecule has 0 aliphatic heterocycles. The Kier molecular flexibility index (Phi) is 8.03. The monoisotopic (exact) mass is 336 g/mol. The van der Waals surface area contributed by atoms with Gasteiger partial charge in [0, 0.05) is 17.8 Å². The highest BCUT2D eigenvalue weighted by Gasteiger charge is 2.20. The molecule has 2 atom stereocenters. The third-order valence-corrected chi connectivity index (χ3v) is 4.33. The van der Waals surface area contributed by atoms with E-state index < -0.39 is 0 Å². The van der Waals surface area contributed by atoms with Gasteiger partial charge >= 0.3 is 5.97 Å². The molecule has 0 radical (unpaired) electrons. The number of esters is 1. The fourth-order valence-electron chi connectivity index (χ4n) is 2.32. The lowest BCUT2D eigenvalue weighted by Crippen LogP contribution is -2.46. The first kappa shape index (κ1) is 19.4. The largest absolute Gasteiger partial charge is 0.462 e. The Morgan fingerprint density at radius 3 is 2.09 bits per heavy atom. The Hall–Kier alpha value is -1.62. The maximum Gasteiger partial charge on any atom is 0.338 e. The van der Waals surface area contributed by atoms with Gasteiger partial charge in [0.15, 0.2) is 5.11 Å². The molecule has 128 valence electrons. The van der Waals surface area contributed by atoms with Crippen LogP contribution in [0.5, 0.6) is 0 Å². The van der Waals surface area contributed by atoms with Gasteiger partial charge in [0.1, 0.15) is 0 Å². The molecular formula is C18H28N2O2S. The highest BCUT2D eigenvalue weighted by Crippen LogP contribution is 2.16. The molecule has 0 saturated carbocycles. The summed E-state index contributed by atoms with van der Waals surface area (Å²) in [5, 5.41) is 4.00. The average molecular weight is 337 g/mol. The lowest BCUT2D eigenvalue weighted by atomic mass is 10.1. The summed E-state index contributed by atoms with van der Waals surface area (Å²) in [7, 11) is 0. The van der Waals surface area contributed by atoms with E-state index in [2.05, 4.69) is 37.9 Å². The zero-order valence-electron chi connectivity index (χ0n) is 14.8. The van der Waals surface area contributed by atoms with Gasteiger partial charge in [0.2, 0.25) is 0 Å². The summed E-state index contributed by atoms with van der Waals surface area (Å²) in [5.74, 6) is -0.303. The Bertz CT molecular complexity index is 506. The van der Waals surface area contributed by atoms with Gasteiger partial charge < -0.3 is 15.0 Å². The first-order valence-corrected chi connectivity index (χ1v) is 8.71. The molecule has 0 aliphatic carbocycles. The van der Waals surface area contributed by atoms with Gasteiger partial charge in [-0.15, -0.1) is 0 Å². The van der Waals surface area contributed by atoms with E-state index in [9.17, 15) is 4.79 Å². The number of nitrogens with one attached hydrogen (secondary N) is 1. The van der Waals surface area contributed by atoms with Crippen molar-refractivity contribution in [1.29, 1.82) is 0 Å². The van der Waals surface area contributed by atoms with Gasteiger partial charge in [0.25, 0.3) is 0 Å². The third kappa shape index (κ3) is 5.50. The van der Waals surface area contributed by atoms with Gasteiger partial charge in [0.05, 0.1) is 12.2 Å². The van der Waals surface area contributed by atoms with Crippen LogP contribution in [-0.2, 0) is 4.74 Å². The SMILES string of the molecule is CCOC(=O)c1ccc(NC(=S)N(C(C)CC)C(C)CC)cc1. The van der Waals surface area contributed by atoms with E-state index in [-0.39, 0.29) is 5.97 Å². The number of nitrogens with zero attached hydrogens (tertiary/aromatic N) is 1. The van der Waals surface area contributed by atoms with Crippen LogP contribution in [0.3, 0.4) is 0 Å². The number of thiocarbonyl (C=S) groups is 1. The van der Waals surface area contributed by atoms with Crippen LogP contribution < -0.4 is 5.32 Å². The van der Waals surface area contributed by atoms with Gasteiger partial charge in [-0.05, 0) is 70.1 Å². The molecule has 1 rings (SSSR count). The van der Waals surface area contributed by atoms with Crippen LogP contribution in [0.1, 0.15) is 57.8 Å². The molecular weight excluding hydrogens is 308 g/mol. The van der Waals surface area contributed by atoms with Crippen molar-refractivity contribution in [1.82, 2.24) is 4.90 Å². The number of carbonyl (C=O) groups is 1. The van der Waals surface area contributed by atoms with E-state index in [0.29, 0.717) is 24.3 Å². The topological polar surface area (TPSA) is 41.6 Å². The highest BCUT2D eigenvalue weighted by atomic mass is 32.1. The van der Waals surface area contributed by atoms with Crippen molar-refractivity contribution in [2.45, 2.75) is 59.5 Å². The number of hydrogen-bond acceptors (Lipinski definition) is 3. The Morgan fingerprint density at radius 1 is 1.13 bits per heavy atom. The lowest BCUT2D eigenvalue weighted by Gasteiger charge is -2.36. The van der Waals surface area contributed by atoms with E-state index >= 15 is 0 Å². The zero-order chi connectivity index (χ0) is 17.4. The van der Waals surface area contributed by atoms with Crippen molar-refractivity contribution in [2.24, 2.45) is 0 Å². The quantitative estimate of drug-likeness (QED) is 0.588. The first-order chi connectivity index (χ1) is 10.9. The predicted molar refractivity (Wildman–Crippen MR) is 100.0 cm³/mol. The molecule has 0 spiro atoms. The maximum absolute atomic E-state index is 11.7. The maximum atomic E-state index is 11.7. The molecule has 0 heterocycles. The predicted octanol–water partition coefficient (Wildman–Crippen LogP) is 4.46. The average Bonchev–Trinajstić information content (AvgIpc) is 2.55. The van der Waals surface area contributed by atoms with Crippen molar-refractivity contribution in [2.75, 3.05) is 11.9 Å². The fourth-order valence-corrected chi connectivity index (χ4v) is 2.80. The summed E-state index contributed by atoms with van der Waals surface area (Å²) in [4.78, 5) is 13.9. The summed E-state index contributed by atoms with van der Waals surface area (Å²) in [5.41, 5.74) is 1.42. The normalized spacial score (nSPS) is 13.1. The number of benzene rings is 1. The second kappa shape index (κ2) is 9.50. The number of carbonyl (C=O) groups excluding carboxylic acids is 1. The fraction of sp³-hybridized carbons (Fsp3) is 0.556. The molecule has 23 heavy (non-hydrogen) atoms. The Morgan fingerprint density at radius 2 is 1.65 bits per heavy atom. The molecule has 0 saturated heterocycles. The third-order valence-electron chi connectivity index (χ3n) is 4.01. The molecule has 0 fully saturated rings. The van der Waals surface area contributed by atoms with Crippen molar-refractivity contribution in [3.05, 3.63) is 29.8 Å². The van der Waals surface area contributed by atoms with Gasteiger partial charge in [-0.2, -0.15) is 0 Å². The summed E-state index contributed by atoms with van der Waals surface area (Å²) >= 11 is 5.59. The van der Waals surface area contributed by atoms with Crippen LogP contribution in [-0.4, -0.2) is 34.7 Å². The van der Waals surface area contributed by atoms with Crippen molar-refractivity contribution >= 4 is 29.0 Å². The van der Waals surface area contributed by atoms with Gasteiger partial charge in [-0.3, -0.25) is 0 Å². The van der Waals surface area contributed by atoms with E-state index in [0.717, 1.165) is 23.6 Å². The van der Waals surface area contributed by atoms with E-state index in [4.69, 9.17) is 17.0 Å². The molecule has 1 N–H and O–H groups in total. The lowest BCUT2D eigenvalue weighted by molar-refractivity contribution is 0.0526. The molecule has 0 bridgehead atoms. The highest BCUT2D eigenvalue weighted by molar-refractivity contribution is 7.80. The minimum absolute atomic E-state index is 0.303. The minimum Gasteiger partial charge on any atom is -0.462 e. The number of rotatable bonds is 7. The van der Waals surface area contributed by atoms with Crippen molar-refractivity contribution < 1.29 is 9.53 Å². The second-order valence-electron chi connectivity index (χ2n) is 5.65. The molecule has 1 aromatic rings. The molecule has 0 aromatic heterocycles. The summed E-state index contributed by atoms with van der Waals surface area (Å²) in [6.45, 7) is 10.9. The molecule has 2 unspecified atom stereocenters. The first-order valence-electron chi connectivity index (χ1n) is 8.30. The molecule has 1 aromatic carbocycles. The van der Waals surface area contributed by atoms with Crippen molar-refractivity contribution in [3.63, 3.8) is 0 Å². The Balaban J connectivity index is 2.80. The summed E-state index contributed by atoms with van der Waals surface area (Å²) in [6.07, 6.45) is 2.07. The zero-order valence-corrected chi connectivity index (χ0v) is 15.6. The molecule has 4 nitrogen and oxygen atoms in total. The van der Waals surface area contributed by atoms with Crippen LogP contribution in [0.15, 0.2) is 24.3 Å². The summed E-state index contributed by atoms with van der Waals surface area (Å²) in [6, 6.07) is 7.96. The van der Waals surface area contributed by atoms with Crippen LogP contribution >= 0.6 is 12.2 Å². The van der Waals surface area contributed by atoms with Crippen LogP contribution in [0.25, 0.3) is 0 Å². The Labute approximate surface area is 145 Å². The summed E-state index contributed by atoms with van der Waals surface area (Å²) < 4.78 is 4.99. The van der Waals surface area contributed by atoms with Crippen molar-refractivity contribution in [3.8, 4) is 0 Å². The van der Waals surface area contributed by atoms with E-state index in [1.807, 2.05) is 12.1 Å². The van der Waals surface area contributed by atoms with Gasteiger partial charge in [-0.25, -0.2) is 4.79 Å². The van der Waals surface area contributed by atoms with E-state index in [1.54, 1.807) is 19.1 Å². The standard InChI is InChI=1S/C18H28N2O2S/c1-6-13(4)20(14(5)7-2)18(23)19-16-11-9-15(10-12-16)17(21)22-8-3/h9-14H,6-8H2,1-5H3,(H,19,23). The van der Waals surface area contributed by atoms with Gasteiger partial charge in [-0.1, -0.05) is 13.8 Å². The van der Waals surface area contributed by atoms with E-state index in [1.165, 1.54) is 0 Å². The second-order valence-corrected chi connectivity index (χ2v) is 6.04. The number of anilines is 1. The van der Waals surface area contributed by atoms with Crippen LogP contribution in [0.4, 0.5) is 5.69 Å². The number of ether oxygens (including phenoxy) is 1. The smallest absolute Gasteiger partial charge is 0.338 e.